The Bertz CT molecular complexity index is 634. The van der Waals surface area contributed by atoms with Gasteiger partial charge in [0, 0.05) is 16.6 Å². The van der Waals surface area contributed by atoms with Crippen LogP contribution in [0.2, 0.25) is 0 Å². The molecule has 2 rings (SSSR count). The molecule has 0 saturated carbocycles. The molecule has 0 aliphatic heterocycles. The molecule has 0 fully saturated rings. The minimum absolute atomic E-state index is 0.0233. The molecule has 0 saturated heterocycles. The maximum Gasteiger partial charge on any atom is 0.182 e. The van der Waals surface area contributed by atoms with Crippen LogP contribution in [0.25, 0.3) is 0 Å². The summed E-state index contributed by atoms with van der Waals surface area (Å²) >= 11 is 3.29. The Hall–Kier alpha value is -1.20. The molecule has 5 heteroatoms. The highest BCUT2D eigenvalue weighted by Gasteiger charge is 2.15. The first-order chi connectivity index (χ1) is 8.47. The normalized spacial score (nSPS) is 11.4. The number of aromatic nitrogens is 1. The van der Waals surface area contributed by atoms with Crippen LogP contribution in [0.4, 0.5) is 0 Å². The molecule has 0 aliphatic rings. The standard InChI is InChI=1S/C13H13BrNO2S/c1-15-8-6-11(7-9-15)10-18(16,17)13-4-2-12(14)3-5-13/h2-9H,10H2,1H3/q+1. The second kappa shape index (κ2) is 5.20. The number of hydrogen-bond donors (Lipinski definition) is 0. The summed E-state index contributed by atoms with van der Waals surface area (Å²) in [7, 11) is -1.38. The molecule has 0 atom stereocenters. The predicted molar refractivity (Wildman–Crippen MR) is 72.6 cm³/mol. The Balaban J connectivity index is 2.27. The smallest absolute Gasteiger partial charge is 0.182 e. The van der Waals surface area contributed by atoms with Crippen LogP contribution in [0.3, 0.4) is 0 Å². The van der Waals surface area contributed by atoms with E-state index in [9.17, 15) is 8.42 Å². The highest BCUT2D eigenvalue weighted by Crippen LogP contribution is 2.18. The van der Waals surface area contributed by atoms with Gasteiger partial charge in [0.2, 0.25) is 0 Å². The van der Waals surface area contributed by atoms with Crippen molar-refractivity contribution >= 4 is 25.8 Å². The van der Waals surface area contributed by atoms with Crippen molar-refractivity contribution in [3.05, 3.63) is 58.8 Å². The van der Waals surface area contributed by atoms with E-state index in [1.807, 2.05) is 36.1 Å². The van der Waals surface area contributed by atoms with Crippen LogP contribution in [-0.4, -0.2) is 8.42 Å². The Morgan fingerprint density at radius 3 is 2.17 bits per heavy atom. The molecule has 0 radical (unpaired) electrons. The average Bonchev–Trinajstić information content (AvgIpc) is 2.32. The van der Waals surface area contributed by atoms with Gasteiger partial charge >= 0.3 is 0 Å². The lowest BCUT2D eigenvalue weighted by molar-refractivity contribution is -0.671. The fourth-order valence-corrected chi connectivity index (χ4v) is 3.19. The first kappa shape index (κ1) is 13.2. The van der Waals surface area contributed by atoms with Crippen molar-refractivity contribution < 1.29 is 13.0 Å². The molecule has 1 heterocycles. The number of pyridine rings is 1. The summed E-state index contributed by atoms with van der Waals surface area (Å²) in [6.45, 7) is 0. The highest BCUT2D eigenvalue weighted by atomic mass is 79.9. The summed E-state index contributed by atoms with van der Waals surface area (Å²) in [5.41, 5.74) is 0.788. The topological polar surface area (TPSA) is 38.0 Å². The summed E-state index contributed by atoms with van der Waals surface area (Å²) in [5, 5.41) is 0. The van der Waals surface area contributed by atoms with Gasteiger partial charge in [-0.05, 0) is 29.8 Å². The number of aryl methyl sites for hydroxylation is 1. The Morgan fingerprint density at radius 2 is 1.61 bits per heavy atom. The summed E-state index contributed by atoms with van der Waals surface area (Å²) in [4.78, 5) is 0.346. The number of benzene rings is 1. The summed E-state index contributed by atoms with van der Waals surface area (Å²) in [6.07, 6.45) is 3.68. The van der Waals surface area contributed by atoms with Crippen molar-refractivity contribution in [2.45, 2.75) is 10.6 Å². The Kier molecular flexibility index (Phi) is 3.82. The molecular formula is C13H13BrNO2S+. The van der Waals surface area contributed by atoms with Gasteiger partial charge in [-0.1, -0.05) is 15.9 Å². The van der Waals surface area contributed by atoms with E-state index in [2.05, 4.69) is 15.9 Å². The summed E-state index contributed by atoms with van der Waals surface area (Å²) in [5.74, 6) is 0.0233. The first-order valence-corrected chi connectivity index (χ1v) is 7.84. The van der Waals surface area contributed by atoms with Gasteiger partial charge in [0.05, 0.1) is 10.6 Å². The van der Waals surface area contributed by atoms with Crippen LogP contribution in [0.1, 0.15) is 5.56 Å². The molecular weight excluding hydrogens is 314 g/mol. The Labute approximate surface area is 115 Å². The van der Waals surface area contributed by atoms with Crippen molar-refractivity contribution in [2.24, 2.45) is 7.05 Å². The molecule has 18 heavy (non-hydrogen) atoms. The van der Waals surface area contributed by atoms with Crippen LogP contribution in [0.15, 0.2) is 58.2 Å². The fraction of sp³-hybridized carbons (Fsp3) is 0.154. The molecule has 0 aliphatic carbocycles. The van der Waals surface area contributed by atoms with Crippen LogP contribution in [-0.2, 0) is 22.6 Å². The van der Waals surface area contributed by atoms with Crippen LogP contribution >= 0.6 is 15.9 Å². The minimum atomic E-state index is -3.27. The van der Waals surface area contributed by atoms with Gasteiger partial charge in [-0.25, -0.2) is 13.0 Å². The molecule has 94 valence electrons. The molecule has 1 aromatic carbocycles. The SMILES string of the molecule is C[n+]1ccc(CS(=O)(=O)c2ccc(Br)cc2)cc1. The first-order valence-electron chi connectivity index (χ1n) is 5.40. The van der Waals surface area contributed by atoms with E-state index in [4.69, 9.17) is 0 Å². The number of sulfone groups is 1. The number of halogens is 1. The largest absolute Gasteiger partial charge is 0.223 e. The van der Waals surface area contributed by atoms with Crippen LogP contribution in [0, 0.1) is 0 Å². The van der Waals surface area contributed by atoms with Crippen molar-refractivity contribution in [1.29, 1.82) is 0 Å². The molecule has 0 spiro atoms. The monoisotopic (exact) mass is 326 g/mol. The lowest BCUT2D eigenvalue weighted by Crippen LogP contribution is -2.26. The van der Waals surface area contributed by atoms with E-state index < -0.39 is 9.84 Å². The molecule has 1 aromatic heterocycles. The lowest BCUT2D eigenvalue weighted by atomic mass is 10.3. The third kappa shape index (κ3) is 3.17. The molecule has 0 N–H and O–H groups in total. The van der Waals surface area contributed by atoms with Gasteiger partial charge in [0.1, 0.15) is 7.05 Å². The number of rotatable bonds is 3. The summed E-state index contributed by atoms with van der Waals surface area (Å²) < 4.78 is 27.1. The predicted octanol–water partition coefficient (Wildman–Crippen LogP) is 2.25. The Morgan fingerprint density at radius 1 is 1.06 bits per heavy atom. The van der Waals surface area contributed by atoms with Gasteiger partial charge in [0.25, 0.3) is 0 Å². The van der Waals surface area contributed by atoms with E-state index in [-0.39, 0.29) is 5.75 Å². The third-order valence-corrected chi connectivity index (χ3v) is 4.81. The third-order valence-electron chi connectivity index (χ3n) is 2.58. The van der Waals surface area contributed by atoms with Gasteiger partial charge in [-0.15, -0.1) is 0 Å². The van der Waals surface area contributed by atoms with E-state index in [0.717, 1.165) is 10.0 Å². The molecule has 3 nitrogen and oxygen atoms in total. The van der Waals surface area contributed by atoms with Crippen molar-refractivity contribution in [2.75, 3.05) is 0 Å². The van der Waals surface area contributed by atoms with Crippen molar-refractivity contribution in [1.82, 2.24) is 0 Å². The number of hydrogen-bond acceptors (Lipinski definition) is 2. The van der Waals surface area contributed by atoms with Gasteiger partial charge in [-0.2, -0.15) is 0 Å². The lowest BCUT2D eigenvalue weighted by Gasteiger charge is -2.04. The van der Waals surface area contributed by atoms with E-state index in [1.165, 1.54) is 0 Å². The maximum atomic E-state index is 12.2. The molecule has 0 unspecified atom stereocenters. The summed E-state index contributed by atoms with van der Waals surface area (Å²) in [6, 6.07) is 10.3. The highest BCUT2D eigenvalue weighted by molar-refractivity contribution is 9.10. The quantitative estimate of drug-likeness (QED) is 0.811. The molecule has 0 amide bonds. The van der Waals surface area contributed by atoms with Crippen LogP contribution in [0.5, 0.6) is 0 Å². The van der Waals surface area contributed by atoms with E-state index in [0.29, 0.717) is 4.90 Å². The van der Waals surface area contributed by atoms with Crippen molar-refractivity contribution in [3.63, 3.8) is 0 Å². The van der Waals surface area contributed by atoms with E-state index in [1.54, 1.807) is 24.3 Å². The molecule has 2 aromatic rings. The zero-order chi connectivity index (χ0) is 13.2. The fourth-order valence-electron chi connectivity index (χ4n) is 1.57. The zero-order valence-corrected chi connectivity index (χ0v) is 12.3. The van der Waals surface area contributed by atoms with E-state index >= 15 is 0 Å². The van der Waals surface area contributed by atoms with Gasteiger partial charge < -0.3 is 0 Å². The molecule has 0 bridgehead atoms. The van der Waals surface area contributed by atoms with Crippen LogP contribution < -0.4 is 4.57 Å². The van der Waals surface area contributed by atoms with Gasteiger partial charge in [0.15, 0.2) is 22.2 Å². The second-order valence-corrected chi connectivity index (χ2v) is 6.99. The zero-order valence-electron chi connectivity index (χ0n) is 9.88. The van der Waals surface area contributed by atoms with Gasteiger partial charge in [-0.3, -0.25) is 0 Å². The average molecular weight is 327 g/mol. The van der Waals surface area contributed by atoms with Crippen molar-refractivity contribution in [3.8, 4) is 0 Å². The minimum Gasteiger partial charge on any atom is -0.223 e. The number of nitrogens with zero attached hydrogens (tertiary/aromatic N) is 1. The maximum absolute atomic E-state index is 12.2. The second-order valence-electron chi connectivity index (χ2n) is 4.08.